The van der Waals surface area contributed by atoms with Crippen LogP contribution in [-0.4, -0.2) is 72.0 Å². The molecule has 0 N–H and O–H groups in total. The maximum absolute atomic E-state index is 13.3. The van der Waals surface area contributed by atoms with Crippen LogP contribution in [0.25, 0.3) is 6.08 Å². The summed E-state index contributed by atoms with van der Waals surface area (Å²) in [6.45, 7) is 6.08. The van der Waals surface area contributed by atoms with Gasteiger partial charge in [-0.25, -0.2) is 8.42 Å². The Kier molecular flexibility index (Phi) is 6.68. The van der Waals surface area contributed by atoms with Gasteiger partial charge in [0.1, 0.15) is 21.8 Å². The number of hydrogen-bond donors (Lipinski definition) is 0. The van der Waals surface area contributed by atoms with Crippen molar-refractivity contribution in [2.24, 2.45) is 0 Å². The lowest BCUT2D eigenvalue weighted by molar-refractivity contribution is -0.123. The summed E-state index contributed by atoms with van der Waals surface area (Å²) in [6, 6.07) is 1.55. The fourth-order valence-corrected chi connectivity index (χ4v) is 7.54. The first-order valence-corrected chi connectivity index (χ1v) is 13.7. The first-order valence-electron chi connectivity index (χ1n) is 10.7. The van der Waals surface area contributed by atoms with Crippen LogP contribution in [0.2, 0.25) is 0 Å². The fourth-order valence-electron chi connectivity index (χ4n) is 4.46. The molecular formula is C21H24N4O5S3. The Bertz CT molecular complexity index is 1260. The number of thiocarbonyl (C=S) groups is 1. The Balaban J connectivity index is 1.83. The Morgan fingerprint density at radius 3 is 2.58 bits per heavy atom. The molecular weight excluding hydrogens is 484 g/mol. The van der Waals surface area contributed by atoms with E-state index in [2.05, 4.69) is 0 Å². The molecule has 9 nitrogen and oxygen atoms in total. The van der Waals surface area contributed by atoms with Gasteiger partial charge in [0.15, 0.2) is 9.84 Å². The third-order valence-electron chi connectivity index (χ3n) is 6.15. The van der Waals surface area contributed by atoms with Crippen molar-refractivity contribution in [2.75, 3.05) is 42.7 Å². The van der Waals surface area contributed by atoms with Crippen molar-refractivity contribution in [3.8, 4) is 6.07 Å². The molecule has 3 fully saturated rings. The number of nitrogens with zero attached hydrogens (tertiary/aromatic N) is 4. The first-order chi connectivity index (χ1) is 15.7. The fraction of sp³-hybridized carbons (Fsp3) is 0.524. The highest BCUT2D eigenvalue weighted by atomic mass is 32.2. The molecule has 4 heterocycles. The van der Waals surface area contributed by atoms with Crippen molar-refractivity contribution in [3.63, 3.8) is 0 Å². The van der Waals surface area contributed by atoms with Gasteiger partial charge in [-0.1, -0.05) is 24.0 Å². The van der Waals surface area contributed by atoms with Gasteiger partial charge >= 0.3 is 0 Å². The van der Waals surface area contributed by atoms with Gasteiger partial charge < -0.3 is 9.64 Å². The van der Waals surface area contributed by atoms with E-state index in [-0.39, 0.29) is 28.5 Å². The summed E-state index contributed by atoms with van der Waals surface area (Å²) >= 11 is 6.55. The van der Waals surface area contributed by atoms with E-state index in [0.29, 0.717) is 65.4 Å². The number of carbonyl (C=O) groups excluding carboxylic acids is 1. The lowest BCUT2D eigenvalue weighted by Crippen LogP contribution is -2.41. The minimum Gasteiger partial charge on any atom is -0.378 e. The Morgan fingerprint density at radius 2 is 2.00 bits per heavy atom. The van der Waals surface area contributed by atoms with Crippen molar-refractivity contribution < 1.29 is 17.9 Å². The quantitative estimate of drug-likeness (QED) is 0.438. The largest absolute Gasteiger partial charge is 0.378 e. The molecule has 176 valence electrons. The molecule has 3 saturated heterocycles. The zero-order chi connectivity index (χ0) is 23.9. The SMILES string of the molecule is CCn1c(N2CCOCC2)c(C=C2SC(=S)N(C3CCS(=O)(=O)C3)C2=O)c(C)c(C#N)c1=O. The molecule has 0 spiro atoms. The molecule has 1 amide bonds. The normalized spacial score (nSPS) is 24.0. The summed E-state index contributed by atoms with van der Waals surface area (Å²) in [5.41, 5.74) is 0.800. The zero-order valence-corrected chi connectivity index (χ0v) is 20.8. The Labute approximate surface area is 201 Å². The van der Waals surface area contributed by atoms with Crippen molar-refractivity contribution in [1.29, 1.82) is 5.26 Å². The minimum absolute atomic E-state index is 0.0393. The van der Waals surface area contributed by atoms with Gasteiger partial charge in [0.05, 0.1) is 35.7 Å². The number of anilines is 1. The average Bonchev–Trinajstić information content (AvgIpc) is 3.27. The van der Waals surface area contributed by atoms with Gasteiger partial charge in [-0.3, -0.25) is 19.1 Å². The second kappa shape index (κ2) is 9.21. The van der Waals surface area contributed by atoms with Gasteiger partial charge in [-0.15, -0.1) is 0 Å². The number of hydrogen-bond acceptors (Lipinski definition) is 9. The summed E-state index contributed by atoms with van der Waals surface area (Å²) in [5.74, 6) is 0.258. The van der Waals surface area contributed by atoms with Crippen LogP contribution in [0.5, 0.6) is 0 Å². The lowest BCUT2D eigenvalue weighted by atomic mass is 10.0. The van der Waals surface area contributed by atoms with Crippen molar-refractivity contribution in [3.05, 3.63) is 31.9 Å². The predicted molar refractivity (Wildman–Crippen MR) is 131 cm³/mol. The van der Waals surface area contributed by atoms with E-state index in [9.17, 15) is 23.3 Å². The number of amides is 1. The molecule has 3 aliphatic heterocycles. The summed E-state index contributed by atoms with van der Waals surface area (Å²) < 4.78 is 31.2. The van der Waals surface area contributed by atoms with E-state index in [1.54, 1.807) is 17.6 Å². The molecule has 33 heavy (non-hydrogen) atoms. The highest BCUT2D eigenvalue weighted by Gasteiger charge is 2.42. The molecule has 1 aromatic heterocycles. The molecule has 3 aliphatic rings. The van der Waals surface area contributed by atoms with Gasteiger partial charge in [0.25, 0.3) is 11.5 Å². The molecule has 0 bridgehead atoms. The van der Waals surface area contributed by atoms with Gasteiger partial charge in [-0.2, -0.15) is 5.26 Å². The third-order valence-corrected chi connectivity index (χ3v) is 9.23. The summed E-state index contributed by atoms with van der Waals surface area (Å²) in [6.07, 6.45) is 2.05. The first kappa shape index (κ1) is 23.9. The number of thioether (sulfide) groups is 1. The van der Waals surface area contributed by atoms with Gasteiger partial charge in [0, 0.05) is 25.2 Å². The van der Waals surface area contributed by atoms with E-state index < -0.39 is 15.9 Å². The van der Waals surface area contributed by atoms with E-state index in [4.69, 9.17) is 17.0 Å². The van der Waals surface area contributed by atoms with Gasteiger partial charge in [-0.05, 0) is 31.9 Å². The van der Waals surface area contributed by atoms with Crippen LogP contribution in [0.1, 0.15) is 30.0 Å². The molecule has 0 saturated carbocycles. The van der Waals surface area contributed by atoms with Crippen LogP contribution in [-0.2, 0) is 25.9 Å². The summed E-state index contributed by atoms with van der Waals surface area (Å²) in [4.78, 5) is 30.1. The van der Waals surface area contributed by atoms with Crippen LogP contribution < -0.4 is 10.5 Å². The predicted octanol–water partition coefficient (Wildman–Crippen LogP) is 1.27. The number of carbonyl (C=O) groups is 1. The molecule has 1 unspecified atom stereocenters. The molecule has 1 atom stereocenters. The minimum atomic E-state index is -3.18. The number of sulfone groups is 1. The van der Waals surface area contributed by atoms with Crippen LogP contribution in [0.3, 0.4) is 0 Å². The maximum atomic E-state index is 13.3. The molecule has 0 radical (unpaired) electrons. The topological polar surface area (TPSA) is 113 Å². The van der Waals surface area contributed by atoms with Crippen LogP contribution in [0.15, 0.2) is 9.70 Å². The van der Waals surface area contributed by atoms with Crippen LogP contribution in [0, 0.1) is 18.3 Å². The van der Waals surface area contributed by atoms with E-state index in [1.165, 1.54) is 4.90 Å². The number of morpholine rings is 1. The Hall–Kier alpha value is -2.20. The number of ether oxygens (including phenoxy) is 1. The standard InChI is InChI=1S/C21H24N4O5S3/c1-3-24-18(23-5-7-30-8-6-23)15(13(2)16(11-22)19(24)26)10-17-20(27)25(21(31)32-17)14-4-9-33(28,29)12-14/h10,14H,3-9,12H2,1-2H3. The lowest BCUT2D eigenvalue weighted by Gasteiger charge is -2.33. The van der Waals surface area contributed by atoms with Crippen LogP contribution in [0.4, 0.5) is 5.82 Å². The molecule has 0 aliphatic carbocycles. The average molecular weight is 509 g/mol. The zero-order valence-electron chi connectivity index (χ0n) is 18.4. The maximum Gasteiger partial charge on any atom is 0.270 e. The number of rotatable bonds is 4. The second-order valence-electron chi connectivity index (χ2n) is 8.11. The Morgan fingerprint density at radius 1 is 1.30 bits per heavy atom. The molecule has 0 aromatic carbocycles. The smallest absolute Gasteiger partial charge is 0.270 e. The van der Waals surface area contributed by atoms with E-state index in [0.717, 1.165) is 11.8 Å². The summed E-state index contributed by atoms with van der Waals surface area (Å²) in [5, 5.41) is 9.66. The van der Waals surface area contributed by atoms with E-state index >= 15 is 0 Å². The third kappa shape index (κ3) is 4.35. The number of pyridine rings is 1. The monoisotopic (exact) mass is 508 g/mol. The van der Waals surface area contributed by atoms with Crippen LogP contribution >= 0.6 is 24.0 Å². The van der Waals surface area contributed by atoms with Crippen molar-refractivity contribution in [2.45, 2.75) is 32.9 Å². The van der Waals surface area contributed by atoms with Crippen molar-refractivity contribution >= 4 is 55.9 Å². The highest BCUT2D eigenvalue weighted by molar-refractivity contribution is 8.26. The van der Waals surface area contributed by atoms with E-state index in [1.807, 2.05) is 17.9 Å². The van der Waals surface area contributed by atoms with Crippen molar-refractivity contribution in [1.82, 2.24) is 9.47 Å². The highest BCUT2D eigenvalue weighted by Crippen LogP contribution is 2.38. The molecule has 12 heteroatoms. The molecule has 1 aromatic rings. The summed E-state index contributed by atoms with van der Waals surface area (Å²) in [7, 11) is -3.18. The number of aromatic nitrogens is 1. The number of nitriles is 1. The van der Waals surface area contributed by atoms with Gasteiger partial charge in [0.2, 0.25) is 0 Å². The molecule has 4 rings (SSSR count). The second-order valence-corrected chi connectivity index (χ2v) is 12.0.